The van der Waals surface area contributed by atoms with Crippen LogP contribution in [0.1, 0.15) is 16.7 Å². The Morgan fingerprint density at radius 2 is 1.85 bits per heavy atom. The van der Waals surface area contributed by atoms with Crippen molar-refractivity contribution in [3.63, 3.8) is 0 Å². The highest BCUT2D eigenvalue weighted by Crippen LogP contribution is 2.22. The van der Waals surface area contributed by atoms with E-state index < -0.39 is 0 Å². The van der Waals surface area contributed by atoms with Crippen molar-refractivity contribution in [2.24, 2.45) is 0 Å². The van der Waals surface area contributed by atoms with Crippen LogP contribution in [-0.4, -0.2) is 19.7 Å². The standard InChI is InChI=1S/C20H18N4OS/c1-13-7-9-15(10-8-13)12-26-20-22-18-16(19(25)23-20)11-21-24(18)17-6-4-3-5-14(17)2/h3-11H,12H2,1-2H3,(H,22,23,25). The predicted octanol–water partition coefficient (Wildman–Crippen LogP) is 4.02. The van der Waals surface area contributed by atoms with E-state index in [1.165, 1.54) is 22.9 Å². The second kappa shape index (κ2) is 6.80. The van der Waals surface area contributed by atoms with Gasteiger partial charge in [0.25, 0.3) is 5.56 Å². The molecule has 0 spiro atoms. The SMILES string of the molecule is Cc1ccc(CSc2nc3c(cnn3-c3ccccc3C)c(=O)[nH]2)cc1. The van der Waals surface area contributed by atoms with Crippen LogP contribution in [0, 0.1) is 13.8 Å². The molecule has 0 aliphatic carbocycles. The molecule has 6 heteroatoms. The lowest BCUT2D eigenvalue weighted by Crippen LogP contribution is -2.10. The van der Waals surface area contributed by atoms with E-state index in [0.717, 1.165) is 17.0 Å². The Hall–Kier alpha value is -2.86. The third-order valence-electron chi connectivity index (χ3n) is 4.26. The molecule has 5 nitrogen and oxygen atoms in total. The first-order valence-corrected chi connectivity index (χ1v) is 9.33. The summed E-state index contributed by atoms with van der Waals surface area (Å²) in [6.45, 7) is 4.08. The zero-order chi connectivity index (χ0) is 18.1. The molecular formula is C20H18N4OS. The number of hydrogen-bond donors (Lipinski definition) is 1. The molecule has 0 bridgehead atoms. The predicted molar refractivity (Wildman–Crippen MR) is 105 cm³/mol. The number of thioether (sulfide) groups is 1. The fourth-order valence-corrected chi connectivity index (χ4v) is 3.59. The maximum Gasteiger partial charge on any atom is 0.262 e. The van der Waals surface area contributed by atoms with Crippen LogP contribution >= 0.6 is 11.8 Å². The summed E-state index contributed by atoms with van der Waals surface area (Å²) < 4.78 is 1.73. The van der Waals surface area contributed by atoms with Crippen molar-refractivity contribution in [2.45, 2.75) is 24.8 Å². The molecule has 130 valence electrons. The molecule has 2 heterocycles. The van der Waals surface area contributed by atoms with Gasteiger partial charge in [-0.1, -0.05) is 59.8 Å². The van der Waals surface area contributed by atoms with Crippen LogP contribution in [0.2, 0.25) is 0 Å². The molecule has 0 saturated heterocycles. The number of H-pyrrole nitrogens is 1. The molecule has 4 aromatic rings. The lowest BCUT2D eigenvalue weighted by Gasteiger charge is -2.07. The number of fused-ring (bicyclic) bond motifs is 1. The monoisotopic (exact) mass is 362 g/mol. The summed E-state index contributed by atoms with van der Waals surface area (Å²) in [5.41, 5.74) is 4.84. The number of rotatable bonds is 4. The van der Waals surface area contributed by atoms with Crippen molar-refractivity contribution in [1.82, 2.24) is 19.7 Å². The Bertz CT molecular complexity index is 1130. The van der Waals surface area contributed by atoms with Gasteiger partial charge in [0.2, 0.25) is 0 Å². The third-order valence-corrected chi connectivity index (χ3v) is 5.20. The summed E-state index contributed by atoms with van der Waals surface area (Å²) in [7, 11) is 0. The molecule has 4 rings (SSSR count). The van der Waals surface area contributed by atoms with Gasteiger partial charge in [-0.2, -0.15) is 5.10 Å². The van der Waals surface area contributed by atoms with Gasteiger partial charge in [0, 0.05) is 5.75 Å². The van der Waals surface area contributed by atoms with E-state index in [0.29, 0.717) is 16.2 Å². The summed E-state index contributed by atoms with van der Waals surface area (Å²) in [5, 5.41) is 5.47. The first kappa shape index (κ1) is 16.6. The Morgan fingerprint density at radius 3 is 2.62 bits per heavy atom. The number of nitrogens with one attached hydrogen (secondary N) is 1. The van der Waals surface area contributed by atoms with E-state index in [-0.39, 0.29) is 5.56 Å². The van der Waals surface area contributed by atoms with Gasteiger partial charge in [0.1, 0.15) is 5.39 Å². The minimum Gasteiger partial charge on any atom is -0.301 e. The summed E-state index contributed by atoms with van der Waals surface area (Å²) >= 11 is 1.51. The molecule has 0 amide bonds. The topological polar surface area (TPSA) is 63.6 Å². The lowest BCUT2D eigenvalue weighted by atomic mass is 10.2. The number of aromatic nitrogens is 4. The molecule has 0 aliphatic heterocycles. The van der Waals surface area contributed by atoms with Gasteiger partial charge in [-0.3, -0.25) is 4.79 Å². The Morgan fingerprint density at radius 1 is 1.08 bits per heavy atom. The van der Waals surface area contributed by atoms with Crippen LogP contribution in [0.4, 0.5) is 0 Å². The van der Waals surface area contributed by atoms with E-state index in [9.17, 15) is 4.79 Å². The first-order valence-electron chi connectivity index (χ1n) is 8.34. The minimum atomic E-state index is -0.166. The summed E-state index contributed by atoms with van der Waals surface area (Å²) in [4.78, 5) is 19.9. The maximum absolute atomic E-state index is 12.4. The Balaban J connectivity index is 1.71. The van der Waals surface area contributed by atoms with Crippen LogP contribution in [0.15, 0.2) is 64.7 Å². The van der Waals surface area contributed by atoms with Crippen LogP contribution in [-0.2, 0) is 5.75 Å². The van der Waals surface area contributed by atoms with E-state index in [1.54, 1.807) is 10.9 Å². The van der Waals surface area contributed by atoms with Gasteiger partial charge in [-0.05, 0) is 31.0 Å². The molecule has 1 N–H and O–H groups in total. The van der Waals surface area contributed by atoms with Crippen molar-refractivity contribution in [3.05, 3.63) is 81.8 Å². The first-order chi connectivity index (χ1) is 12.6. The number of hydrogen-bond acceptors (Lipinski definition) is 4. The Kier molecular flexibility index (Phi) is 4.34. The summed E-state index contributed by atoms with van der Waals surface area (Å²) in [6.07, 6.45) is 1.57. The van der Waals surface area contributed by atoms with Crippen molar-refractivity contribution >= 4 is 22.8 Å². The Labute approximate surface area is 155 Å². The second-order valence-electron chi connectivity index (χ2n) is 6.23. The second-order valence-corrected chi connectivity index (χ2v) is 7.19. The molecule has 26 heavy (non-hydrogen) atoms. The number of nitrogens with zero attached hydrogens (tertiary/aromatic N) is 3. The molecule has 2 aromatic carbocycles. The number of benzene rings is 2. The van der Waals surface area contributed by atoms with Crippen molar-refractivity contribution < 1.29 is 0 Å². The van der Waals surface area contributed by atoms with Crippen molar-refractivity contribution in [3.8, 4) is 5.69 Å². The van der Waals surface area contributed by atoms with E-state index >= 15 is 0 Å². The van der Waals surface area contributed by atoms with Gasteiger partial charge in [0.15, 0.2) is 10.8 Å². The zero-order valence-corrected chi connectivity index (χ0v) is 15.4. The molecule has 0 radical (unpaired) electrons. The average molecular weight is 362 g/mol. The average Bonchev–Trinajstić information content (AvgIpc) is 3.06. The van der Waals surface area contributed by atoms with Crippen LogP contribution in [0.3, 0.4) is 0 Å². The molecule has 0 fully saturated rings. The zero-order valence-electron chi connectivity index (χ0n) is 14.6. The van der Waals surface area contributed by atoms with Gasteiger partial charge in [-0.25, -0.2) is 9.67 Å². The molecule has 0 saturated carbocycles. The van der Waals surface area contributed by atoms with Crippen LogP contribution in [0.25, 0.3) is 16.7 Å². The highest BCUT2D eigenvalue weighted by Gasteiger charge is 2.13. The molecule has 0 aliphatic rings. The normalized spacial score (nSPS) is 11.2. The van der Waals surface area contributed by atoms with E-state index in [2.05, 4.69) is 46.3 Å². The van der Waals surface area contributed by atoms with Crippen molar-refractivity contribution in [2.75, 3.05) is 0 Å². The van der Waals surface area contributed by atoms with Gasteiger partial charge in [0.05, 0.1) is 11.9 Å². The maximum atomic E-state index is 12.4. The van der Waals surface area contributed by atoms with Gasteiger partial charge >= 0.3 is 0 Å². The molecular weight excluding hydrogens is 344 g/mol. The fraction of sp³-hybridized carbons (Fsp3) is 0.150. The molecule has 2 aromatic heterocycles. The van der Waals surface area contributed by atoms with Crippen LogP contribution in [0.5, 0.6) is 0 Å². The number of aryl methyl sites for hydroxylation is 2. The summed E-state index contributed by atoms with van der Waals surface area (Å²) in [6, 6.07) is 16.3. The van der Waals surface area contributed by atoms with Crippen LogP contribution < -0.4 is 5.56 Å². The molecule has 0 unspecified atom stereocenters. The quantitative estimate of drug-likeness (QED) is 0.440. The van der Waals surface area contributed by atoms with Gasteiger partial charge in [-0.15, -0.1) is 0 Å². The summed E-state index contributed by atoms with van der Waals surface area (Å²) in [5.74, 6) is 0.743. The van der Waals surface area contributed by atoms with E-state index in [1.807, 2.05) is 31.2 Å². The van der Waals surface area contributed by atoms with Crippen molar-refractivity contribution in [1.29, 1.82) is 0 Å². The smallest absolute Gasteiger partial charge is 0.262 e. The largest absolute Gasteiger partial charge is 0.301 e. The minimum absolute atomic E-state index is 0.166. The third kappa shape index (κ3) is 3.15. The lowest BCUT2D eigenvalue weighted by molar-refractivity contribution is 0.867. The highest BCUT2D eigenvalue weighted by molar-refractivity contribution is 7.98. The fourth-order valence-electron chi connectivity index (χ4n) is 2.78. The number of aromatic amines is 1. The van der Waals surface area contributed by atoms with E-state index in [4.69, 9.17) is 0 Å². The highest BCUT2D eigenvalue weighted by atomic mass is 32.2. The number of para-hydroxylation sites is 1. The van der Waals surface area contributed by atoms with Gasteiger partial charge < -0.3 is 4.98 Å². The molecule has 0 atom stereocenters.